The number of nitrogen functional groups attached to an aromatic ring is 1. The second kappa shape index (κ2) is 6.23. The van der Waals surface area contributed by atoms with Crippen molar-refractivity contribution in [3.8, 4) is 0 Å². The molecule has 1 heterocycles. The number of amides is 1. The number of rotatable bonds is 5. The number of unbranched alkanes of at least 4 members (excludes halogenated alkanes) is 1. The number of hydrogen-bond acceptors (Lipinski definition) is 4. The molecule has 0 fully saturated rings. The van der Waals surface area contributed by atoms with Crippen LogP contribution in [0, 0.1) is 6.92 Å². The van der Waals surface area contributed by atoms with Crippen LogP contribution in [0.2, 0.25) is 0 Å². The highest BCUT2D eigenvalue weighted by atomic mass is 32.1. The van der Waals surface area contributed by atoms with E-state index in [4.69, 9.17) is 5.73 Å². The normalized spacial score (nSPS) is 11.6. The zero-order valence-electron chi connectivity index (χ0n) is 10.8. The topological polar surface area (TPSA) is 59.2 Å². The summed E-state index contributed by atoms with van der Waals surface area (Å²) in [5.41, 5.74) is 5.83. The minimum Gasteiger partial charge on any atom is -0.375 e. The largest absolute Gasteiger partial charge is 0.406 e. The van der Waals surface area contributed by atoms with E-state index in [0.29, 0.717) is 18.5 Å². The van der Waals surface area contributed by atoms with Crippen molar-refractivity contribution in [2.45, 2.75) is 32.9 Å². The van der Waals surface area contributed by atoms with Gasteiger partial charge >= 0.3 is 6.18 Å². The van der Waals surface area contributed by atoms with E-state index in [-0.39, 0.29) is 16.6 Å². The third-order valence-corrected chi connectivity index (χ3v) is 3.42. The average Bonchev–Trinajstić information content (AvgIpc) is 2.61. The number of alkyl halides is 3. The summed E-state index contributed by atoms with van der Waals surface area (Å²) in [6, 6.07) is 0. The van der Waals surface area contributed by atoms with Gasteiger partial charge in [-0.15, -0.1) is 0 Å². The Bertz CT molecular complexity index is 445. The van der Waals surface area contributed by atoms with Crippen LogP contribution >= 0.6 is 11.3 Å². The maximum Gasteiger partial charge on any atom is 0.406 e. The molecule has 0 atom stereocenters. The molecule has 1 aromatic heterocycles. The maximum atomic E-state index is 12.5. The summed E-state index contributed by atoms with van der Waals surface area (Å²) in [6.45, 7) is 2.24. The van der Waals surface area contributed by atoms with Gasteiger partial charge in [0.2, 0.25) is 0 Å². The van der Waals surface area contributed by atoms with E-state index in [9.17, 15) is 18.0 Å². The molecule has 1 aromatic rings. The van der Waals surface area contributed by atoms with Crippen LogP contribution in [0.15, 0.2) is 0 Å². The van der Waals surface area contributed by atoms with E-state index in [1.165, 1.54) is 0 Å². The van der Waals surface area contributed by atoms with Crippen molar-refractivity contribution < 1.29 is 18.0 Å². The van der Waals surface area contributed by atoms with Gasteiger partial charge in [0.25, 0.3) is 5.91 Å². The Labute approximate surface area is 113 Å². The molecule has 0 aromatic carbocycles. The average molecular weight is 295 g/mol. The number of halogens is 3. The number of aromatic nitrogens is 1. The van der Waals surface area contributed by atoms with E-state index < -0.39 is 18.6 Å². The molecule has 0 aliphatic carbocycles. The number of aryl methyl sites for hydroxylation is 1. The quantitative estimate of drug-likeness (QED) is 0.908. The zero-order chi connectivity index (χ0) is 14.6. The first kappa shape index (κ1) is 15.7. The minimum absolute atomic E-state index is 0.0755. The van der Waals surface area contributed by atoms with Gasteiger partial charge in [0.15, 0.2) is 5.13 Å². The number of thiazole rings is 1. The zero-order valence-corrected chi connectivity index (χ0v) is 11.6. The molecule has 0 unspecified atom stereocenters. The molecule has 0 radical (unpaired) electrons. The van der Waals surface area contributed by atoms with Crippen LogP contribution in [-0.4, -0.2) is 35.1 Å². The van der Waals surface area contributed by atoms with Gasteiger partial charge in [-0.25, -0.2) is 4.98 Å². The highest BCUT2D eigenvalue weighted by molar-refractivity contribution is 7.17. The van der Waals surface area contributed by atoms with E-state index in [1.807, 2.05) is 6.92 Å². The SMILES string of the molecule is CCCCN(CC(F)(F)F)C(=O)c1sc(N)nc1C. The standard InChI is InChI=1S/C11H16F3N3OS/c1-3-4-5-17(6-11(12,13)14)9(18)8-7(2)16-10(15)19-8/h3-6H2,1-2H3,(H2,15,16). The van der Waals surface area contributed by atoms with Crippen LogP contribution in [-0.2, 0) is 0 Å². The van der Waals surface area contributed by atoms with Gasteiger partial charge in [0.1, 0.15) is 11.4 Å². The summed E-state index contributed by atoms with van der Waals surface area (Å²) in [5, 5.41) is 0.184. The molecule has 4 nitrogen and oxygen atoms in total. The summed E-state index contributed by atoms with van der Waals surface area (Å²) >= 11 is 0.918. The van der Waals surface area contributed by atoms with Crippen LogP contribution in [0.4, 0.5) is 18.3 Å². The van der Waals surface area contributed by atoms with E-state index >= 15 is 0 Å². The Balaban J connectivity index is 2.90. The lowest BCUT2D eigenvalue weighted by Gasteiger charge is -2.23. The van der Waals surface area contributed by atoms with Crippen molar-refractivity contribution in [1.82, 2.24) is 9.88 Å². The predicted octanol–water partition coefficient (Wildman–Crippen LogP) is 2.84. The lowest BCUT2D eigenvalue weighted by Crippen LogP contribution is -2.39. The molecular formula is C11H16F3N3OS. The van der Waals surface area contributed by atoms with Gasteiger partial charge in [-0.3, -0.25) is 4.79 Å². The van der Waals surface area contributed by atoms with Gasteiger partial charge in [-0.05, 0) is 13.3 Å². The second-order valence-corrected chi connectivity index (χ2v) is 5.19. The summed E-state index contributed by atoms with van der Waals surface area (Å²) in [5.74, 6) is -0.655. The predicted molar refractivity (Wildman–Crippen MR) is 68.1 cm³/mol. The van der Waals surface area contributed by atoms with Crippen LogP contribution in [0.3, 0.4) is 0 Å². The molecule has 1 rings (SSSR count). The van der Waals surface area contributed by atoms with E-state index in [1.54, 1.807) is 6.92 Å². The van der Waals surface area contributed by atoms with Gasteiger partial charge < -0.3 is 10.6 Å². The molecule has 108 valence electrons. The minimum atomic E-state index is -4.41. The Morgan fingerprint density at radius 3 is 2.53 bits per heavy atom. The van der Waals surface area contributed by atoms with Crippen LogP contribution in [0.1, 0.15) is 35.1 Å². The molecule has 0 saturated heterocycles. The Kier molecular flexibility index (Phi) is 5.16. The van der Waals surface area contributed by atoms with Crippen LogP contribution in [0.25, 0.3) is 0 Å². The molecule has 0 aliphatic heterocycles. The molecule has 0 spiro atoms. The number of anilines is 1. The Morgan fingerprint density at radius 2 is 2.11 bits per heavy atom. The van der Waals surface area contributed by atoms with E-state index in [0.717, 1.165) is 16.2 Å². The van der Waals surface area contributed by atoms with Crippen LogP contribution in [0.5, 0.6) is 0 Å². The van der Waals surface area contributed by atoms with Crippen molar-refractivity contribution in [2.75, 3.05) is 18.8 Å². The molecule has 1 amide bonds. The maximum absolute atomic E-state index is 12.5. The first-order chi connectivity index (χ1) is 8.74. The summed E-state index contributed by atoms with van der Waals surface area (Å²) in [6.07, 6.45) is -3.17. The molecule has 19 heavy (non-hydrogen) atoms. The van der Waals surface area contributed by atoms with Crippen molar-refractivity contribution in [1.29, 1.82) is 0 Å². The molecule has 8 heteroatoms. The van der Waals surface area contributed by atoms with Crippen molar-refractivity contribution in [3.63, 3.8) is 0 Å². The number of nitrogens with two attached hydrogens (primary N) is 1. The fourth-order valence-corrected chi connectivity index (χ4v) is 2.38. The fourth-order valence-electron chi connectivity index (χ4n) is 1.58. The summed E-state index contributed by atoms with van der Waals surface area (Å²) < 4.78 is 37.5. The molecule has 0 bridgehead atoms. The Hall–Kier alpha value is -1.31. The van der Waals surface area contributed by atoms with Crippen molar-refractivity contribution in [2.24, 2.45) is 0 Å². The number of carbonyl (C=O) groups excluding carboxylic acids is 1. The first-order valence-corrected chi connectivity index (χ1v) is 6.65. The summed E-state index contributed by atoms with van der Waals surface area (Å²) in [7, 11) is 0. The van der Waals surface area contributed by atoms with Crippen molar-refractivity contribution >= 4 is 22.4 Å². The number of nitrogens with zero attached hydrogens (tertiary/aromatic N) is 2. The molecular weight excluding hydrogens is 279 g/mol. The fraction of sp³-hybridized carbons (Fsp3) is 0.636. The molecule has 0 saturated carbocycles. The smallest absolute Gasteiger partial charge is 0.375 e. The van der Waals surface area contributed by atoms with Gasteiger partial charge in [-0.1, -0.05) is 24.7 Å². The van der Waals surface area contributed by atoms with Crippen LogP contribution < -0.4 is 5.73 Å². The lowest BCUT2D eigenvalue weighted by molar-refractivity contribution is -0.140. The second-order valence-electron chi connectivity index (χ2n) is 4.16. The highest BCUT2D eigenvalue weighted by Gasteiger charge is 2.34. The van der Waals surface area contributed by atoms with Gasteiger partial charge in [-0.2, -0.15) is 13.2 Å². The Morgan fingerprint density at radius 1 is 1.47 bits per heavy atom. The third-order valence-electron chi connectivity index (χ3n) is 2.45. The van der Waals surface area contributed by atoms with Gasteiger partial charge in [0.05, 0.1) is 5.69 Å². The number of carbonyl (C=O) groups is 1. The van der Waals surface area contributed by atoms with E-state index in [2.05, 4.69) is 4.98 Å². The first-order valence-electron chi connectivity index (χ1n) is 5.83. The monoisotopic (exact) mass is 295 g/mol. The molecule has 2 N–H and O–H groups in total. The van der Waals surface area contributed by atoms with Gasteiger partial charge in [0, 0.05) is 6.54 Å². The number of hydrogen-bond donors (Lipinski definition) is 1. The van der Waals surface area contributed by atoms with Crippen molar-refractivity contribution in [3.05, 3.63) is 10.6 Å². The molecule has 0 aliphatic rings. The lowest BCUT2D eigenvalue weighted by atomic mass is 10.2. The highest BCUT2D eigenvalue weighted by Crippen LogP contribution is 2.24. The summed E-state index contributed by atoms with van der Waals surface area (Å²) in [4.78, 5) is 16.9. The third kappa shape index (κ3) is 4.70.